The van der Waals surface area contributed by atoms with Crippen molar-refractivity contribution in [2.75, 3.05) is 6.61 Å². The fraction of sp³-hybridized carbons (Fsp3) is 0.684. The smallest absolute Gasteiger partial charge is 0.266 e. The molecule has 0 atom stereocenters. The molecule has 0 fully saturated rings. The van der Waals surface area contributed by atoms with Crippen molar-refractivity contribution in [2.45, 2.75) is 83.0 Å². The Morgan fingerprint density at radius 3 is 1.78 bits per heavy atom. The zero-order valence-corrected chi connectivity index (χ0v) is 15.5. The molecule has 0 aromatic heterocycles. The van der Waals surface area contributed by atoms with E-state index < -0.39 is 10.1 Å². The van der Waals surface area contributed by atoms with Crippen LogP contribution in [0.4, 0.5) is 0 Å². The number of hydrogen-bond acceptors (Lipinski definition) is 3. The summed E-state index contributed by atoms with van der Waals surface area (Å²) in [4.78, 5) is 0.246. The summed E-state index contributed by atoms with van der Waals surface area (Å²) >= 11 is 0. The lowest BCUT2D eigenvalue weighted by atomic mass is 10.1. The Hall–Kier alpha value is -0.870. The zero-order valence-electron chi connectivity index (χ0n) is 14.7. The van der Waals surface area contributed by atoms with Crippen molar-refractivity contribution >= 4 is 10.1 Å². The van der Waals surface area contributed by atoms with E-state index in [0.717, 1.165) is 18.4 Å². The van der Waals surface area contributed by atoms with Crippen LogP contribution in [-0.2, 0) is 14.3 Å². The average Bonchev–Trinajstić information content (AvgIpc) is 2.53. The molecule has 4 heteroatoms. The third-order valence-corrected chi connectivity index (χ3v) is 5.37. The summed E-state index contributed by atoms with van der Waals surface area (Å²) in [5, 5.41) is 0. The van der Waals surface area contributed by atoms with Crippen LogP contribution in [0.1, 0.15) is 76.7 Å². The van der Waals surface area contributed by atoms with Gasteiger partial charge in [0.15, 0.2) is 0 Å². The first kappa shape index (κ1) is 20.2. The van der Waals surface area contributed by atoms with Crippen molar-refractivity contribution in [3.63, 3.8) is 0 Å². The predicted octanol–water partition coefficient (Wildman–Crippen LogP) is 5.62. The molecule has 3 nitrogen and oxygen atoms in total. The SMILES string of the molecule is CCCCCCCCCCCCOS(=O)(=O)c1ccc(C)cc1. The van der Waals surface area contributed by atoms with Gasteiger partial charge in [-0.2, -0.15) is 8.42 Å². The van der Waals surface area contributed by atoms with Crippen molar-refractivity contribution < 1.29 is 12.6 Å². The highest BCUT2D eigenvalue weighted by molar-refractivity contribution is 7.86. The fourth-order valence-electron chi connectivity index (χ4n) is 2.53. The second kappa shape index (κ2) is 11.6. The summed E-state index contributed by atoms with van der Waals surface area (Å²) in [6, 6.07) is 6.78. The Morgan fingerprint density at radius 1 is 0.783 bits per heavy atom. The van der Waals surface area contributed by atoms with Crippen molar-refractivity contribution in [3.05, 3.63) is 29.8 Å². The van der Waals surface area contributed by atoms with Gasteiger partial charge in [-0.15, -0.1) is 0 Å². The number of aryl methyl sites for hydroxylation is 1. The Balaban J connectivity index is 2.05. The van der Waals surface area contributed by atoms with Crippen LogP contribution in [0.25, 0.3) is 0 Å². The Bertz CT molecular complexity index is 506. The largest absolute Gasteiger partial charge is 0.296 e. The number of hydrogen-bond donors (Lipinski definition) is 0. The van der Waals surface area contributed by atoms with E-state index in [9.17, 15) is 8.42 Å². The highest BCUT2D eigenvalue weighted by atomic mass is 32.2. The van der Waals surface area contributed by atoms with Crippen molar-refractivity contribution in [3.8, 4) is 0 Å². The quantitative estimate of drug-likeness (QED) is 0.346. The van der Waals surface area contributed by atoms with Crippen molar-refractivity contribution in [1.82, 2.24) is 0 Å². The monoisotopic (exact) mass is 340 g/mol. The van der Waals surface area contributed by atoms with Gasteiger partial charge in [0.05, 0.1) is 11.5 Å². The molecule has 0 saturated carbocycles. The third kappa shape index (κ3) is 9.11. The van der Waals surface area contributed by atoms with Crippen LogP contribution in [0, 0.1) is 6.92 Å². The lowest BCUT2D eigenvalue weighted by molar-refractivity contribution is 0.306. The molecule has 0 spiro atoms. The molecule has 1 rings (SSSR count). The summed E-state index contributed by atoms with van der Waals surface area (Å²) in [5.41, 5.74) is 1.04. The summed E-state index contributed by atoms with van der Waals surface area (Å²) < 4.78 is 29.1. The van der Waals surface area contributed by atoms with Gasteiger partial charge in [0.1, 0.15) is 0 Å². The predicted molar refractivity (Wildman–Crippen MR) is 96.2 cm³/mol. The Morgan fingerprint density at radius 2 is 1.26 bits per heavy atom. The summed E-state index contributed by atoms with van der Waals surface area (Å²) in [6.07, 6.45) is 12.3. The van der Waals surface area contributed by atoms with Gasteiger partial charge in [0.2, 0.25) is 0 Å². The molecular weight excluding hydrogens is 308 g/mol. The van der Waals surface area contributed by atoms with E-state index in [1.165, 1.54) is 51.4 Å². The molecule has 0 saturated heterocycles. The topological polar surface area (TPSA) is 43.4 Å². The number of benzene rings is 1. The van der Waals surface area contributed by atoms with Gasteiger partial charge in [-0.1, -0.05) is 82.4 Å². The first-order valence-corrected chi connectivity index (χ1v) is 10.4. The number of rotatable bonds is 13. The first-order chi connectivity index (χ1) is 11.1. The van der Waals surface area contributed by atoms with Crippen LogP contribution in [-0.4, -0.2) is 15.0 Å². The van der Waals surface area contributed by atoms with Crippen LogP contribution in [0.5, 0.6) is 0 Å². The van der Waals surface area contributed by atoms with E-state index in [1.807, 2.05) is 6.92 Å². The molecule has 0 radical (unpaired) electrons. The second-order valence-corrected chi connectivity index (χ2v) is 7.89. The highest BCUT2D eigenvalue weighted by Crippen LogP contribution is 2.15. The summed E-state index contributed by atoms with van der Waals surface area (Å²) in [7, 11) is -3.59. The van der Waals surface area contributed by atoms with E-state index in [0.29, 0.717) is 0 Å². The highest BCUT2D eigenvalue weighted by Gasteiger charge is 2.14. The molecule has 0 heterocycles. The minimum absolute atomic E-state index is 0.246. The van der Waals surface area contributed by atoms with Gasteiger partial charge >= 0.3 is 0 Å². The molecule has 0 N–H and O–H groups in total. The minimum atomic E-state index is -3.59. The molecule has 0 aliphatic carbocycles. The van der Waals surface area contributed by atoms with Crippen LogP contribution >= 0.6 is 0 Å². The fourth-order valence-corrected chi connectivity index (χ4v) is 3.47. The molecule has 132 valence electrons. The van der Waals surface area contributed by atoms with E-state index in [2.05, 4.69) is 6.92 Å². The Labute approximate surface area is 142 Å². The summed E-state index contributed by atoms with van der Waals surface area (Å²) in [6.45, 7) is 4.45. The second-order valence-electron chi connectivity index (χ2n) is 6.27. The van der Waals surface area contributed by atoms with Gasteiger partial charge in [-0.05, 0) is 25.5 Å². The molecule has 0 amide bonds. The molecule has 0 bridgehead atoms. The molecule has 0 aliphatic heterocycles. The van der Waals surface area contributed by atoms with Crippen LogP contribution in [0.2, 0.25) is 0 Å². The van der Waals surface area contributed by atoms with E-state index in [1.54, 1.807) is 24.3 Å². The third-order valence-electron chi connectivity index (χ3n) is 4.05. The number of unbranched alkanes of at least 4 members (excludes halogenated alkanes) is 9. The first-order valence-electron chi connectivity index (χ1n) is 9.02. The van der Waals surface area contributed by atoms with Gasteiger partial charge in [0.25, 0.3) is 10.1 Å². The van der Waals surface area contributed by atoms with E-state index >= 15 is 0 Å². The molecule has 0 unspecified atom stereocenters. The lowest BCUT2D eigenvalue weighted by Crippen LogP contribution is -2.07. The molecule has 0 aliphatic rings. The van der Waals surface area contributed by atoms with Crippen LogP contribution < -0.4 is 0 Å². The minimum Gasteiger partial charge on any atom is -0.266 e. The average molecular weight is 341 g/mol. The maximum absolute atomic E-state index is 12.0. The van der Waals surface area contributed by atoms with Crippen molar-refractivity contribution in [2.24, 2.45) is 0 Å². The Kier molecular flexibility index (Phi) is 10.2. The van der Waals surface area contributed by atoms with E-state index in [-0.39, 0.29) is 11.5 Å². The normalized spacial score (nSPS) is 11.7. The molecule has 1 aromatic rings. The van der Waals surface area contributed by atoms with Gasteiger partial charge in [-0.3, -0.25) is 4.18 Å². The summed E-state index contributed by atoms with van der Waals surface area (Å²) in [5.74, 6) is 0. The van der Waals surface area contributed by atoms with Crippen molar-refractivity contribution in [1.29, 1.82) is 0 Å². The lowest BCUT2D eigenvalue weighted by Gasteiger charge is -2.06. The molecule has 1 aromatic carbocycles. The maximum Gasteiger partial charge on any atom is 0.296 e. The molecule has 23 heavy (non-hydrogen) atoms. The van der Waals surface area contributed by atoms with Crippen LogP contribution in [0.3, 0.4) is 0 Å². The maximum atomic E-state index is 12.0. The van der Waals surface area contributed by atoms with E-state index in [4.69, 9.17) is 4.18 Å². The zero-order chi connectivity index (χ0) is 17.0. The standard InChI is InChI=1S/C19H32O3S/c1-3-4-5-6-7-8-9-10-11-12-17-22-23(20,21)19-15-13-18(2)14-16-19/h13-16H,3-12,17H2,1-2H3. The van der Waals surface area contributed by atoms with Gasteiger partial charge in [-0.25, -0.2) is 0 Å². The van der Waals surface area contributed by atoms with Gasteiger partial charge in [0, 0.05) is 0 Å². The molecular formula is C19H32O3S. The van der Waals surface area contributed by atoms with Crippen LogP contribution in [0.15, 0.2) is 29.2 Å². The van der Waals surface area contributed by atoms with Gasteiger partial charge < -0.3 is 0 Å².